The Balaban J connectivity index is 2.61. The van der Waals surface area contributed by atoms with E-state index in [4.69, 9.17) is 4.74 Å². The smallest absolute Gasteiger partial charge is 0.188 e. The molecular weight excluding hydrogens is 224 g/mol. The zero-order valence-corrected chi connectivity index (χ0v) is 11.0. The molecule has 0 saturated heterocycles. The fourth-order valence-electron chi connectivity index (χ4n) is 1.22. The minimum absolute atomic E-state index is 0.344. The second-order valence-electron chi connectivity index (χ2n) is 3.72. The van der Waals surface area contributed by atoms with Crippen LogP contribution in [0.15, 0.2) is 5.16 Å². The SMILES string of the molecule is COCC(O)CSc1nc(C)c(C)c(C)n1. The lowest BCUT2D eigenvalue weighted by molar-refractivity contribution is 0.0793. The van der Waals surface area contributed by atoms with Crippen molar-refractivity contribution in [3.05, 3.63) is 17.0 Å². The Morgan fingerprint density at radius 1 is 1.25 bits per heavy atom. The van der Waals surface area contributed by atoms with Crippen LogP contribution in [0.2, 0.25) is 0 Å². The fraction of sp³-hybridized carbons (Fsp3) is 0.636. The summed E-state index contributed by atoms with van der Waals surface area (Å²) in [6.07, 6.45) is -0.472. The summed E-state index contributed by atoms with van der Waals surface area (Å²) >= 11 is 1.45. The van der Waals surface area contributed by atoms with Gasteiger partial charge in [-0.25, -0.2) is 9.97 Å². The highest BCUT2D eigenvalue weighted by molar-refractivity contribution is 7.99. The maximum absolute atomic E-state index is 9.50. The van der Waals surface area contributed by atoms with Crippen molar-refractivity contribution >= 4 is 11.8 Å². The third-order valence-electron chi connectivity index (χ3n) is 2.38. The van der Waals surface area contributed by atoms with Crippen molar-refractivity contribution in [1.82, 2.24) is 9.97 Å². The van der Waals surface area contributed by atoms with Gasteiger partial charge in [0.15, 0.2) is 5.16 Å². The van der Waals surface area contributed by atoms with Gasteiger partial charge in [0.25, 0.3) is 0 Å². The summed E-state index contributed by atoms with van der Waals surface area (Å²) < 4.78 is 4.85. The molecule has 0 bridgehead atoms. The molecule has 1 N–H and O–H groups in total. The topological polar surface area (TPSA) is 55.2 Å². The minimum Gasteiger partial charge on any atom is -0.390 e. The molecule has 1 rings (SSSR count). The number of rotatable bonds is 5. The summed E-state index contributed by atoms with van der Waals surface area (Å²) in [6, 6.07) is 0. The predicted octanol–water partition coefficient (Wildman–Crippen LogP) is 1.50. The van der Waals surface area contributed by atoms with Crippen molar-refractivity contribution in [2.75, 3.05) is 19.5 Å². The highest BCUT2D eigenvalue weighted by Gasteiger charge is 2.08. The summed E-state index contributed by atoms with van der Waals surface area (Å²) in [5.41, 5.74) is 3.12. The Bertz CT molecular complexity index is 335. The lowest BCUT2D eigenvalue weighted by Gasteiger charge is -2.09. The van der Waals surface area contributed by atoms with Crippen molar-refractivity contribution in [1.29, 1.82) is 0 Å². The zero-order chi connectivity index (χ0) is 12.1. The van der Waals surface area contributed by atoms with Crippen LogP contribution in [-0.4, -0.2) is 40.6 Å². The molecule has 0 aliphatic heterocycles. The van der Waals surface area contributed by atoms with Crippen LogP contribution in [0, 0.1) is 20.8 Å². The number of aryl methyl sites for hydroxylation is 2. The molecule has 1 atom stereocenters. The standard InChI is InChI=1S/C11H18N2O2S/c1-7-8(2)12-11(13-9(7)3)16-6-10(14)5-15-4/h10,14H,5-6H2,1-4H3. The van der Waals surface area contributed by atoms with E-state index < -0.39 is 6.10 Å². The molecule has 1 aromatic heterocycles. The molecule has 90 valence electrons. The van der Waals surface area contributed by atoms with Crippen molar-refractivity contribution in [3.63, 3.8) is 0 Å². The van der Waals surface area contributed by atoms with Crippen LogP contribution in [-0.2, 0) is 4.74 Å². The Hall–Kier alpha value is -0.650. The van der Waals surface area contributed by atoms with Gasteiger partial charge in [0.2, 0.25) is 0 Å². The highest BCUT2D eigenvalue weighted by atomic mass is 32.2. The first-order valence-electron chi connectivity index (χ1n) is 5.16. The van der Waals surface area contributed by atoms with Gasteiger partial charge < -0.3 is 9.84 Å². The van der Waals surface area contributed by atoms with E-state index in [1.54, 1.807) is 7.11 Å². The molecule has 0 aliphatic carbocycles. The van der Waals surface area contributed by atoms with Crippen molar-refractivity contribution in [2.24, 2.45) is 0 Å². The third kappa shape index (κ3) is 3.73. The van der Waals surface area contributed by atoms with Crippen LogP contribution in [0.3, 0.4) is 0 Å². The van der Waals surface area contributed by atoms with E-state index in [1.807, 2.05) is 20.8 Å². The van der Waals surface area contributed by atoms with E-state index >= 15 is 0 Å². The lowest BCUT2D eigenvalue weighted by Crippen LogP contribution is -2.17. The van der Waals surface area contributed by atoms with Crippen LogP contribution < -0.4 is 0 Å². The average molecular weight is 242 g/mol. The molecule has 0 aliphatic rings. The number of aliphatic hydroxyl groups excluding tert-OH is 1. The Morgan fingerprint density at radius 2 is 1.81 bits per heavy atom. The maximum Gasteiger partial charge on any atom is 0.188 e. The molecule has 0 aromatic carbocycles. The number of methoxy groups -OCH3 is 1. The van der Waals surface area contributed by atoms with E-state index in [1.165, 1.54) is 11.8 Å². The molecule has 4 nitrogen and oxygen atoms in total. The van der Waals surface area contributed by atoms with Crippen molar-refractivity contribution in [2.45, 2.75) is 32.0 Å². The molecule has 0 saturated carbocycles. The molecule has 1 unspecified atom stereocenters. The fourth-order valence-corrected chi connectivity index (χ4v) is 2.06. The Morgan fingerprint density at radius 3 is 2.31 bits per heavy atom. The number of nitrogens with zero attached hydrogens (tertiary/aromatic N) is 2. The molecular formula is C11H18N2O2S. The average Bonchev–Trinajstić information content (AvgIpc) is 2.23. The second kappa shape index (κ2) is 6.18. The van der Waals surface area contributed by atoms with E-state index in [-0.39, 0.29) is 0 Å². The van der Waals surface area contributed by atoms with E-state index in [9.17, 15) is 5.11 Å². The van der Waals surface area contributed by atoms with Crippen LogP contribution in [0.1, 0.15) is 17.0 Å². The third-order valence-corrected chi connectivity index (χ3v) is 3.37. The van der Waals surface area contributed by atoms with Gasteiger partial charge in [0.1, 0.15) is 0 Å². The van der Waals surface area contributed by atoms with Crippen LogP contribution in [0.5, 0.6) is 0 Å². The number of hydrogen-bond acceptors (Lipinski definition) is 5. The second-order valence-corrected chi connectivity index (χ2v) is 4.71. The van der Waals surface area contributed by atoms with E-state index in [0.29, 0.717) is 12.4 Å². The molecule has 0 spiro atoms. The first-order valence-corrected chi connectivity index (χ1v) is 6.14. The maximum atomic E-state index is 9.50. The predicted molar refractivity (Wildman–Crippen MR) is 64.8 cm³/mol. The van der Waals surface area contributed by atoms with Crippen molar-refractivity contribution in [3.8, 4) is 0 Å². The van der Waals surface area contributed by atoms with Crippen molar-refractivity contribution < 1.29 is 9.84 Å². The number of thioether (sulfide) groups is 1. The van der Waals surface area contributed by atoms with Crippen LogP contribution in [0.4, 0.5) is 0 Å². The zero-order valence-electron chi connectivity index (χ0n) is 10.1. The first-order chi connectivity index (χ1) is 7.54. The van der Waals surface area contributed by atoms with Gasteiger partial charge in [0, 0.05) is 24.3 Å². The Kier molecular flexibility index (Phi) is 5.18. The van der Waals surface area contributed by atoms with E-state index in [0.717, 1.165) is 22.1 Å². The molecule has 1 heterocycles. The number of ether oxygens (including phenoxy) is 1. The summed E-state index contributed by atoms with van der Waals surface area (Å²) in [5, 5.41) is 10.2. The normalized spacial score (nSPS) is 12.8. The number of aromatic nitrogens is 2. The van der Waals surface area contributed by atoms with Gasteiger partial charge in [-0.05, 0) is 26.3 Å². The van der Waals surface area contributed by atoms with Gasteiger partial charge in [-0.3, -0.25) is 0 Å². The van der Waals surface area contributed by atoms with Gasteiger partial charge in [-0.15, -0.1) is 0 Å². The number of aliphatic hydroxyl groups is 1. The van der Waals surface area contributed by atoms with Gasteiger partial charge >= 0.3 is 0 Å². The molecule has 16 heavy (non-hydrogen) atoms. The molecule has 5 heteroatoms. The van der Waals surface area contributed by atoms with Gasteiger partial charge in [-0.1, -0.05) is 11.8 Å². The Labute approximate surface area is 100 Å². The first kappa shape index (κ1) is 13.4. The van der Waals surface area contributed by atoms with Crippen LogP contribution in [0.25, 0.3) is 0 Å². The number of hydrogen-bond donors (Lipinski definition) is 1. The van der Waals surface area contributed by atoms with Gasteiger partial charge in [0.05, 0.1) is 12.7 Å². The summed E-state index contributed by atoms with van der Waals surface area (Å²) in [7, 11) is 1.57. The lowest BCUT2D eigenvalue weighted by atomic mass is 10.2. The van der Waals surface area contributed by atoms with Crippen LogP contribution >= 0.6 is 11.8 Å². The molecule has 0 fully saturated rings. The van der Waals surface area contributed by atoms with E-state index in [2.05, 4.69) is 9.97 Å². The summed E-state index contributed by atoms with van der Waals surface area (Å²) in [4.78, 5) is 8.73. The largest absolute Gasteiger partial charge is 0.390 e. The minimum atomic E-state index is -0.472. The summed E-state index contributed by atoms with van der Waals surface area (Å²) in [5.74, 6) is 0.551. The molecule has 0 radical (unpaired) electrons. The molecule has 0 amide bonds. The quantitative estimate of drug-likeness (QED) is 0.626. The van der Waals surface area contributed by atoms with Gasteiger partial charge in [-0.2, -0.15) is 0 Å². The summed E-state index contributed by atoms with van der Waals surface area (Å²) in [6.45, 7) is 6.30. The highest BCUT2D eigenvalue weighted by Crippen LogP contribution is 2.17. The monoisotopic (exact) mass is 242 g/mol. The molecule has 1 aromatic rings.